The van der Waals surface area contributed by atoms with Gasteiger partial charge in [0.15, 0.2) is 0 Å². The molecule has 0 fully saturated rings. The maximum absolute atomic E-state index is 6.38. The third kappa shape index (κ3) is 3.00. The molecule has 1 nitrogen and oxygen atoms in total. The number of benzene rings is 3. The summed E-state index contributed by atoms with van der Waals surface area (Å²) in [5.41, 5.74) is 3.65. The second-order valence-corrected chi connectivity index (χ2v) is 7.06. The Morgan fingerprint density at radius 1 is 0.833 bits per heavy atom. The van der Waals surface area contributed by atoms with Crippen LogP contribution in [0.25, 0.3) is 16.3 Å². The Morgan fingerprint density at radius 3 is 2.33 bits per heavy atom. The van der Waals surface area contributed by atoms with E-state index in [4.69, 9.17) is 4.74 Å². The van der Waals surface area contributed by atoms with Gasteiger partial charge < -0.3 is 4.74 Å². The van der Waals surface area contributed by atoms with Crippen molar-refractivity contribution < 1.29 is 4.74 Å². The SMILES string of the molecule is CC1(C)C=C(c2ccccc2)CC(c2ccc3ccccc3c2)O1. The average Bonchev–Trinajstić information content (AvgIpc) is 2.61. The van der Waals surface area contributed by atoms with Gasteiger partial charge in [0.05, 0.1) is 11.7 Å². The van der Waals surface area contributed by atoms with Crippen molar-refractivity contribution >= 4 is 16.3 Å². The molecule has 1 heterocycles. The highest BCUT2D eigenvalue weighted by Crippen LogP contribution is 2.40. The van der Waals surface area contributed by atoms with Crippen LogP contribution in [0.4, 0.5) is 0 Å². The van der Waals surface area contributed by atoms with Crippen LogP contribution < -0.4 is 0 Å². The molecule has 0 N–H and O–H groups in total. The van der Waals surface area contributed by atoms with Crippen molar-refractivity contribution in [3.8, 4) is 0 Å². The summed E-state index contributed by atoms with van der Waals surface area (Å²) in [6.45, 7) is 4.28. The van der Waals surface area contributed by atoms with Crippen LogP contribution in [0.3, 0.4) is 0 Å². The molecule has 1 unspecified atom stereocenters. The van der Waals surface area contributed by atoms with Gasteiger partial charge in [-0.3, -0.25) is 0 Å². The molecule has 3 aromatic rings. The summed E-state index contributed by atoms with van der Waals surface area (Å²) < 4.78 is 6.38. The minimum atomic E-state index is -0.264. The topological polar surface area (TPSA) is 9.23 Å². The number of fused-ring (bicyclic) bond motifs is 1. The van der Waals surface area contributed by atoms with Crippen molar-refractivity contribution in [1.82, 2.24) is 0 Å². The van der Waals surface area contributed by atoms with E-state index < -0.39 is 0 Å². The van der Waals surface area contributed by atoms with Gasteiger partial charge in [0, 0.05) is 6.42 Å². The first-order valence-electron chi connectivity index (χ1n) is 8.54. The van der Waals surface area contributed by atoms with Crippen molar-refractivity contribution in [2.45, 2.75) is 32.0 Å². The summed E-state index contributed by atoms with van der Waals surface area (Å²) in [4.78, 5) is 0. The van der Waals surface area contributed by atoms with Crippen LogP contribution in [0.2, 0.25) is 0 Å². The van der Waals surface area contributed by atoms with E-state index in [-0.39, 0.29) is 11.7 Å². The first-order valence-corrected chi connectivity index (χ1v) is 8.54. The summed E-state index contributed by atoms with van der Waals surface area (Å²) in [6.07, 6.45) is 3.26. The van der Waals surface area contributed by atoms with E-state index in [9.17, 15) is 0 Å². The fourth-order valence-electron chi connectivity index (χ4n) is 3.57. The molecule has 0 aliphatic carbocycles. The zero-order valence-electron chi connectivity index (χ0n) is 14.2. The second kappa shape index (κ2) is 5.92. The maximum Gasteiger partial charge on any atom is 0.0877 e. The van der Waals surface area contributed by atoms with Gasteiger partial charge >= 0.3 is 0 Å². The molecule has 0 saturated heterocycles. The van der Waals surface area contributed by atoms with Crippen LogP contribution in [0.15, 0.2) is 78.9 Å². The standard InChI is InChI=1S/C23H22O/c1-23(2)16-21(17-8-4-3-5-9-17)15-22(24-23)20-13-12-18-10-6-7-11-19(18)14-20/h3-14,16,22H,15H2,1-2H3. The molecule has 1 heteroatoms. The van der Waals surface area contributed by atoms with E-state index in [0.717, 1.165) is 6.42 Å². The van der Waals surface area contributed by atoms with Gasteiger partial charge in [-0.25, -0.2) is 0 Å². The Bertz CT molecular complexity index is 890. The highest BCUT2D eigenvalue weighted by molar-refractivity contribution is 5.83. The summed E-state index contributed by atoms with van der Waals surface area (Å²) in [6, 6.07) is 25.8. The zero-order chi connectivity index (χ0) is 16.6. The van der Waals surface area contributed by atoms with Crippen LogP contribution in [0.1, 0.15) is 37.5 Å². The number of hydrogen-bond donors (Lipinski definition) is 0. The van der Waals surface area contributed by atoms with Gasteiger partial charge in [0.1, 0.15) is 0 Å². The minimum absolute atomic E-state index is 0.0878. The normalized spacial score (nSPS) is 19.9. The number of ether oxygens (including phenoxy) is 1. The van der Waals surface area contributed by atoms with E-state index in [1.54, 1.807) is 0 Å². The number of rotatable bonds is 2. The summed E-state index contributed by atoms with van der Waals surface area (Å²) in [7, 11) is 0. The van der Waals surface area contributed by atoms with E-state index in [2.05, 4.69) is 92.7 Å². The van der Waals surface area contributed by atoms with Gasteiger partial charge in [-0.05, 0) is 53.5 Å². The summed E-state index contributed by atoms with van der Waals surface area (Å²) >= 11 is 0. The summed E-state index contributed by atoms with van der Waals surface area (Å²) in [5, 5.41) is 2.54. The summed E-state index contributed by atoms with van der Waals surface area (Å²) in [5.74, 6) is 0. The molecule has 0 aromatic heterocycles. The molecule has 1 atom stereocenters. The molecular formula is C23H22O. The molecule has 120 valence electrons. The second-order valence-electron chi connectivity index (χ2n) is 7.06. The highest BCUT2D eigenvalue weighted by Gasteiger charge is 2.29. The van der Waals surface area contributed by atoms with Crippen molar-refractivity contribution in [3.63, 3.8) is 0 Å². The first kappa shape index (κ1) is 15.2. The molecule has 0 bridgehead atoms. The molecule has 4 rings (SSSR count). The highest BCUT2D eigenvalue weighted by atomic mass is 16.5. The van der Waals surface area contributed by atoms with E-state index in [0.29, 0.717) is 0 Å². The van der Waals surface area contributed by atoms with E-state index in [1.165, 1.54) is 27.5 Å². The van der Waals surface area contributed by atoms with Gasteiger partial charge in [-0.1, -0.05) is 66.7 Å². The molecule has 0 amide bonds. The van der Waals surface area contributed by atoms with Gasteiger partial charge in [-0.15, -0.1) is 0 Å². The molecule has 1 aliphatic heterocycles. The third-order valence-corrected chi connectivity index (χ3v) is 4.66. The predicted octanol–water partition coefficient (Wildman–Crippen LogP) is 6.16. The van der Waals surface area contributed by atoms with Gasteiger partial charge in [0.2, 0.25) is 0 Å². The average molecular weight is 314 g/mol. The lowest BCUT2D eigenvalue weighted by atomic mass is 9.88. The van der Waals surface area contributed by atoms with Crippen LogP contribution >= 0.6 is 0 Å². The lowest BCUT2D eigenvalue weighted by Crippen LogP contribution is -2.28. The minimum Gasteiger partial charge on any atom is -0.363 e. The molecule has 24 heavy (non-hydrogen) atoms. The molecule has 1 aliphatic rings. The maximum atomic E-state index is 6.38. The smallest absolute Gasteiger partial charge is 0.0877 e. The quantitative estimate of drug-likeness (QED) is 0.550. The Kier molecular flexibility index (Phi) is 3.74. The fourth-order valence-corrected chi connectivity index (χ4v) is 3.57. The van der Waals surface area contributed by atoms with E-state index >= 15 is 0 Å². The van der Waals surface area contributed by atoms with Gasteiger partial charge in [-0.2, -0.15) is 0 Å². The Labute approximate surface area is 143 Å². The van der Waals surface area contributed by atoms with Crippen LogP contribution in [0.5, 0.6) is 0 Å². The van der Waals surface area contributed by atoms with Crippen LogP contribution in [-0.4, -0.2) is 5.60 Å². The third-order valence-electron chi connectivity index (χ3n) is 4.66. The lowest BCUT2D eigenvalue weighted by Gasteiger charge is -2.35. The van der Waals surface area contributed by atoms with Crippen LogP contribution in [0, 0.1) is 0 Å². The van der Waals surface area contributed by atoms with E-state index in [1.807, 2.05) is 0 Å². The van der Waals surface area contributed by atoms with Crippen molar-refractivity contribution in [1.29, 1.82) is 0 Å². The van der Waals surface area contributed by atoms with Crippen molar-refractivity contribution in [2.75, 3.05) is 0 Å². The predicted molar refractivity (Wildman–Crippen MR) is 101 cm³/mol. The monoisotopic (exact) mass is 314 g/mol. The first-order chi connectivity index (χ1) is 11.6. The van der Waals surface area contributed by atoms with Crippen molar-refractivity contribution in [3.05, 3.63) is 90.0 Å². The molecular weight excluding hydrogens is 292 g/mol. The fraction of sp³-hybridized carbons (Fsp3) is 0.217. The Morgan fingerprint density at radius 2 is 1.54 bits per heavy atom. The van der Waals surface area contributed by atoms with Gasteiger partial charge in [0.25, 0.3) is 0 Å². The molecule has 3 aromatic carbocycles. The Hall–Kier alpha value is -2.38. The number of hydrogen-bond acceptors (Lipinski definition) is 1. The molecule has 0 radical (unpaired) electrons. The van der Waals surface area contributed by atoms with Crippen molar-refractivity contribution in [2.24, 2.45) is 0 Å². The largest absolute Gasteiger partial charge is 0.363 e. The molecule has 0 spiro atoms. The zero-order valence-corrected chi connectivity index (χ0v) is 14.2. The lowest BCUT2D eigenvalue weighted by molar-refractivity contribution is -0.0475. The molecule has 0 saturated carbocycles. The van der Waals surface area contributed by atoms with Crippen LogP contribution in [-0.2, 0) is 4.74 Å². The Balaban J connectivity index is 1.72.